The largest absolute Gasteiger partial charge is 0.459 e. The fourth-order valence-electron chi connectivity index (χ4n) is 2.42. The molecule has 1 atom stereocenters. The van der Waals surface area contributed by atoms with Crippen molar-refractivity contribution in [3.63, 3.8) is 0 Å². The monoisotopic (exact) mass is 241 g/mol. The van der Waals surface area contributed by atoms with E-state index >= 15 is 0 Å². The molecular weight excluding hydrogens is 214 g/mol. The number of ether oxygens (including phenoxy) is 1. The average Bonchev–Trinajstić information content (AvgIpc) is 2.25. The van der Waals surface area contributed by atoms with Gasteiger partial charge in [0, 0.05) is 6.04 Å². The summed E-state index contributed by atoms with van der Waals surface area (Å²) >= 11 is 0. The van der Waals surface area contributed by atoms with Gasteiger partial charge in [-0.25, -0.2) is 0 Å². The van der Waals surface area contributed by atoms with E-state index in [4.69, 9.17) is 4.74 Å². The zero-order chi connectivity index (χ0) is 12.9. The Morgan fingerprint density at radius 2 is 1.88 bits per heavy atom. The number of esters is 1. The lowest BCUT2D eigenvalue weighted by molar-refractivity contribution is -0.153. The van der Waals surface area contributed by atoms with Gasteiger partial charge in [-0.1, -0.05) is 19.3 Å². The number of carbonyl (C=O) groups excluding carboxylic acids is 1. The van der Waals surface area contributed by atoms with Crippen LogP contribution in [0, 0.1) is 5.92 Å². The molecule has 100 valence electrons. The van der Waals surface area contributed by atoms with Crippen molar-refractivity contribution in [2.45, 2.75) is 71.4 Å². The predicted octanol–water partition coefficient (Wildman–Crippen LogP) is 2.89. The highest BCUT2D eigenvalue weighted by molar-refractivity contribution is 5.72. The summed E-state index contributed by atoms with van der Waals surface area (Å²) in [4.78, 5) is 11.6. The van der Waals surface area contributed by atoms with E-state index in [1.165, 1.54) is 32.1 Å². The van der Waals surface area contributed by atoms with Crippen LogP contribution in [-0.2, 0) is 9.53 Å². The number of hydrogen-bond donors (Lipinski definition) is 1. The van der Waals surface area contributed by atoms with Gasteiger partial charge in [-0.2, -0.15) is 0 Å². The van der Waals surface area contributed by atoms with Crippen LogP contribution in [0.4, 0.5) is 0 Å². The van der Waals surface area contributed by atoms with Crippen molar-refractivity contribution in [2.75, 3.05) is 6.54 Å². The Morgan fingerprint density at radius 3 is 2.41 bits per heavy atom. The quantitative estimate of drug-likeness (QED) is 0.769. The van der Waals surface area contributed by atoms with E-state index in [-0.39, 0.29) is 11.6 Å². The molecule has 0 amide bonds. The van der Waals surface area contributed by atoms with Crippen molar-refractivity contribution in [2.24, 2.45) is 5.92 Å². The minimum absolute atomic E-state index is 0.153. The molecule has 0 aliphatic heterocycles. The van der Waals surface area contributed by atoms with E-state index in [0.29, 0.717) is 12.6 Å². The van der Waals surface area contributed by atoms with Crippen LogP contribution >= 0.6 is 0 Å². The van der Waals surface area contributed by atoms with Crippen LogP contribution in [-0.4, -0.2) is 24.2 Å². The third kappa shape index (κ3) is 6.06. The van der Waals surface area contributed by atoms with Crippen molar-refractivity contribution in [1.82, 2.24) is 5.32 Å². The molecule has 0 aromatic carbocycles. The molecule has 1 unspecified atom stereocenters. The molecule has 0 heterocycles. The lowest BCUT2D eigenvalue weighted by atomic mass is 9.84. The Hall–Kier alpha value is -0.570. The summed E-state index contributed by atoms with van der Waals surface area (Å²) < 4.78 is 5.27. The molecule has 1 fully saturated rings. The predicted molar refractivity (Wildman–Crippen MR) is 69.9 cm³/mol. The highest BCUT2D eigenvalue weighted by Gasteiger charge is 2.21. The van der Waals surface area contributed by atoms with Crippen LogP contribution in [0.3, 0.4) is 0 Å². The third-order valence-corrected chi connectivity index (χ3v) is 3.35. The van der Waals surface area contributed by atoms with Gasteiger partial charge in [-0.3, -0.25) is 4.79 Å². The van der Waals surface area contributed by atoms with E-state index in [1.54, 1.807) is 0 Å². The van der Waals surface area contributed by atoms with Gasteiger partial charge < -0.3 is 10.1 Å². The molecule has 0 saturated heterocycles. The van der Waals surface area contributed by atoms with Crippen LogP contribution < -0.4 is 5.32 Å². The highest BCUT2D eigenvalue weighted by atomic mass is 16.6. The fraction of sp³-hybridized carbons (Fsp3) is 0.929. The Balaban J connectivity index is 2.22. The molecular formula is C14H27NO2. The van der Waals surface area contributed by atoms with Crippen molar-refractivity contribution in [3.05, 3.63) is 0 Å². The second kappa shape index (κ2) is 6.39. The molecule has 0 bridgehead atoms. The molecule has 1 aliphatic carbocycles. The molecule has 1 rings (SSSR count). The Labute approximate surface area is 105 Å². The Kier molecular flexibility index (Phi) is 5.44. The molecule has 17 heavy (non-hydrogen) atoms. The maximum absolute atomic E-state index is 11.6. The average molecular weight is 241 g/mol. The van der Waals surface area contributed by atoms with Crippen LogP contribution in [0.15, 0.2) is 0 Å². The zero-order valence-electron chi connectivity index (χ0n) is 11.7. The first-order valence-corrected chi connectivity index (χ1v) is 6.84. The maximum Gasteiger partial charge on any atom is 0.320 e. The summed E-state index contributed by atoms with van der Waals surface area (Å²) in [7, 11) is 0. The van der Waals surface area contributed by atoms with E-state index in [9.17, 15) is 4.79 Å². The molecule has 0 aromatic rings. The topological polar surface area (TPSA) is 38.3 Å². The van der Waals surface area contributed by atoms with E-state index in [0.717, 1.165) is 5.92 Å². The first-order valence-electron chi connectivity index (χ1n) is 6.84. The molecule has 0 aromatic heterocycles. The smallest absolute Gasteiger partial charge is 0.320 e. The first kappa shape index (κ1) is 14.5. The van der Waals surface area contributed by atoms with E-state index in [2.05, 4.69) is 12.2 Å². The summed E-state index contributed by atoms with van der Waals surface area (Å²) in [6.45, 7) is 8.20. The Bertz CT molecular complexity index is 239. The van der Waals surface area contributed by atoms with E-state index in [1.807, 2.05) is 20.8 Å². The van der Waals surface area contributed by atoms with Gasteiger partial charge in [0.25, 0.3) is 0 Å². The number of rotatable bonds is 4. The highest BCUT2D eigenvalue weighted by Crippen LogP contribution is 2.26. The van der Waals surface area contributed by atoms with Crippen LogP contribution in [0.1, 0.15) is 59.8 Å². The zero-order valence-corrected chi connectivity index (χ0v) is 11.7. The maximum atomic E-state index is 11.6. The van der Waals surface area contributed by atoms with Crippen molar-refractivity contribution >= 4 is 5.97 Å². The molecule has 3 heteroatoms. The molecule has 1 N–H and O–H groups in total. The number of carbonyl (C=O) groups is 1. The third-order valence-electron chi connectivity index (χ3n) is 3.35. The van der Waals surface area contributed by atoms with Gasteiger partial charge in [0.2, 0.25) is 0 Å². The van der Waals surface area contributed by atoms with Crippen molar-refractivity contribution in [3.8, 4) is 0 Å². The van der Waals surface area contributed by atoms with E-state index < -0.39 is 0 Å². The van der Waals surface area contributed by atoms with Gasteiger partial charge in [0.1, 0.15) is 5.60 Å². The normalized spacial score (nSPS) is 20.0. The molecule has 0 spiro atoms. The molecule has 3 nitrogen and oxygen atoms in total. The summed E-state index contributed by atoms with van der Waals surface area (Å²) in [6.07, 6.45) is 6.63. The summed E-state index contributed by atoms with van der Waals surface area (Å²) in [6, 6.07) is 0.419. The fourth-order valence-corrected chi connectivity index (χ4v) is 2.42. The molecule has 1 aliphatic rings. The van der Waals surface area contributed by atoms with Gasteiger partial charge in [-0.15, -0.1) is 0 Å². The number of nitrogens with one attached hydrogen (secondary N) is 1. The Morgan fingerprint density at radius 1 is 1.29 bits per heavy atom. The summed E-state index contributed by atoms with van der Waals surface area (Å²) in [5, 5.41) is 3.30. The minimum Gasteiger partial charge on any atom is -0.459 e. The SMILES string of the molecule is CC(NCC(=O)OC(C)(C)C)C1CCCCC1. The first-order chi connectivity index (χ1) is 7.88. The van der Waals surface area contributed by atoms with Crippen molar-refractivity contribution in [1.29, 1.82) is 0 Å². The second-order valence-electron chi connectivity index (χ2n) is 6.15. The summed E-state index contributed by atoms with van der Waals surface area (Å²) in [5.74, 6) is 0.575. The lowest BCUT2D eigenvalue weighted by Crippen LogP contribution is -2.40. The van der Waals surface area contributed by atoms with Crippen LogP contribution in [0.2, 0.25) is 0 Å². The van der Waals surface area contributed by atoms with Gasteiger partial charge in [0.05, 0.1) is 6.54 Å². The summed E-state index contributed by atoms with van der Waals surface area (Å²) in [5.41, 5.74) is -0.382. The molecule has 1 saturated carbocycles. The van der Waals surface area contributed by atoms with Crippen LogP contribution in [0.5, 0.6) is 0 Å². The van der Waals surface area contributed by atoms with Crippen LogP contribution in [0.25, 0.3) is 0 Å². The number of hydrogen-bond acceptors (Lipinski definition) is 3. The van der Waals surface area contributed by atoms with Gasteiger partial charge >= 0.3 is 5.97 Å². The minimum atomic E-state index is -0.382. The molecule has 0 radical (unpaired) electrons. The van der Waals surface area contributed by atoms with Gasteiger partial charge in [-0.05, 0) is 46.5 Å². The van der Waals surface area contributed by atoms with Gasteiger partial charge in [0.15, 0.2) is 0 Å². The second-order valence-corrected chi connectivity index (χ2v) is 6.15. The lowest BCUT2D eigenvalue weighted by Gasteiger charge is -2.28. The van der Waals surface area contributed by atoms with Crippen molar-refractivity contribution < 1.29 is 9.53 Å². The standard InChI is InChI=1S/C14H27NO2/c1-11(12-8-6-5-7-9-12)15-10-13(16)17-14(2,3)4/h11-12,15H,5-10H2,1-4H3.